The highest BCUT2D eigenvalue weighted by molar-refractivity contribution is 4.77. The van der Waals surface area contributed by atoms with E-state index in [1.807, 2.05) is 0 Å². The molecule has 1 heteroatoms. The molecule has 2 rings (SSSR count). The average molecular weight is 224 g/mol. The summed E-state index contributed by atoms with van der Waals surface area (Å²) in [5, 5.41) is 0. The minimum Gasteiger partial charge on any atom is -0.321 e. The zero-order chi connectivity index (χ0) is 11.8. The molecule has 2 fully saturated rings. The van der Waals surface area contributed by atoms with Crippen molar-refractivity contribution in [2.45, 2.75) is 59.4 Å². The lowest BCUT2D eigenvalue weighted by Crippen LogP contribution is -2.58. The summed E-state index contributed by atoms with van der Waals surface area (Å²) in [5.41, 5.74) is 0. The maximum absolute atomic E-state index is 2.52. The number of nitrogens with zero attached hydrogens (tertiary/aromatic N) is 1. The normalized spacial score (nSPS) is 44.2. The van der Waals surface area contributed by atoms with Crippen LogP contribution in [0.1, 0.15) is 53.4 Å². The van der Waals surface area contributed by atoms with Crippen LogP contribution in [-0.4, -0.2) is 30.2 Å². The number of hydrogen-bond donors (Lipinski definition) is 0. The van der Waals surface area contributed by atoms with E-state index in [-0.39, 0.29) is 0 Å². The molecule has 0 bridgehead atoms. The third-order valence-electron chi connectivity index (χ3n) is 5.80. The van der Waals surface area contributed by atoms with Gasteiger partial charge in [-0.15, -0.1) is 0 Å². The molecule has 0 aromatic carbocycles. The van der Waals surface area contributed by atoms with E-state index in [1.54, 1.807) is 0 Å². The maximum atomic E-state index is 2.52. The third-order valence-corrected chi connectivity index (χ3v) is 5.80. The van der Waals surface area contributed by atoms with Crippen LogP contribution in [0.2, 0.25) is 0 Å². The van der Waals surface area contributed by atoms with Crippen LogP contribution in [0.25, 0.3) is 0 Å². The van der Waals surface area contributed by atoms with Gasteiger partial charge >= 0.3 is 0 Å². The highest BCUT2D eigenvalue weighted by Crippen LogP contribution is 2.37. The molecule has 0 N–H and O–H groups in total. The molecule has 0 amide bonds. The van der Waals surface area contributed by atoms with E-state index in [0.29, 0.717) is 0 Å². The molecule has 0 aromatic heterocycles. The smallest absolute Gasteiger partial charge is 0.0864 e. The number of piperidine rings is 1. The van der Waals surface area contributed by atoms with E-state index in [1.165, 1.54) is 49.8 Å². The monoisotopic (exact) mass is 224 g/mol. The van der Waals surface area contributed by atoms with E-state index in [2.05, 4.69) is 27.7 Å². The Hall–Kier alpha value is -0.0400. The van der Waals surface area contributed by atoms with E-state index >= 15 is 0 Å². The van der Waals surface area contributed by atoms with Crippen molar-refractivity contribution in [3.63, 3.8) is 0 Å². The Bertz CT molecular complexity index is 230. The maximum Gasteiger partial charge on any atom is 0.0864 e. The Kier molecular flexibility index (Phi) is 3.63. The van der Waals surface area contributed by atoms with Crippen molar-refractivity contribution in [2.24, 2.45) is 17.8 Å². The zero-order valence-electron chi connectivity index (χ0n) is 11.7. The summed E-state index contributed by atoms with van der Waals surface area (Å²) in [6.07, 6.45) is 5.87. The van der Waals surface area contributed by atoms with Crippen LogP contribution in [0.4, 0.5) is 0 Å². The SMILES string of the molecule is CC1CC(C)[N+]2(CCCCC2)CC(C)C1C. The predicted octanol–water partition coefficient (Wildman–Crippen LogP) is 3.69. The standard InChI is InChI=1S/C15H30N/c1-12-10-14(3)16(8-6-5-7-9-16)11-13(2)15(12)4/h12-15H,5-11H2,1-4H3/q+1. The lowest BCUT2D eigenvalue weighted by molar-refractivity contribution is -0.955. The van der Waals surface area contributed by atoms with Gasteiger partial charge in [-0.25, -0.2) is 0 Å². The lowest BCUT2D eigenvalue weighted by Gasteiger charge is -2.46. The predicted molar refractivity (Wildman–Crippen MR) is 70.3 cm³/mol. The second kappa shape index (κ2) is 4.68. The van der Waals surface area contributed by atoms with E-state index < -0.39 is 0 Å². The van der Waals surface area contributed by atoms with Gasteiger partial charge in [-0.2, -0.15) is 0 Å². The minimum absolute atomic E-state index is 0.905. The molecule has 4 atom stereocenters. The lowest BCUT2D eigenvalue weighted by atomic mass is 9.84. The number of hydrogen-bond acceptors (Lipinski definition) is 0. The van der Waals surface area contributed by atoms with Crippen molar-refractivity contribution in [2.75, 3.05) is 19.6 Å². The molecule has 1 nitrogen and oxygen atoms in total. The highest BCUT2D eigenvalue weighted by Gasteiger charge is 2.42. The Balaban J connectivity index is 2.17. The summed E-state index contributed by atoms with van der Waals surface area (Å²) in [6.45, 7) is 14.3. The van der Waals surface area contributed by atoms with Crippen LogP contribution in [-0.2, 0) is 0 Å². The quantitative estimate of drug-likeness (QED) is 0.551. The van der Waals surface area contributed by atoms with Gasteiger partial charge < -0.3 is 4.48 Å². The molecule has 2 heterocycles. The van der Waals surface area contributed by atoms with Crippen molar-refractivity contribution in [1.29, 1.82) is 0 Å². The van der Waals surface area contributed by atoms with Gasteiger partial charge in [-0.1, -0.05) is 20.8 Å². The van der Waals surface area contributed by atoms with Gasteiger partial charge in [-0.3, -0.25) is 0 Å². The summed E-state index contributed by atoms with van der Waals surface area (Å²) in [4.78, 5) is 0. The first kappa shape index (κ1) is 12.4. The van der Waals surface area contributed by atoms with Gasteiger partial charge in [0.15, 0.2) is 0 Å². The Morgan fingerprint density at radius 2 is 1.44 bits per heavy atom. The minimum atomic E-state index is 0.905. The summed E-state index contributed by atoms with van der Waals surface area (Å²) >= 11 is 0. The van der Waals surface area contributed by atoms with Crippen LogP contribution in [0.5, 0.6) is 0 Å². The molecule has 2 saturated heterocycles. The fraction of sp³-hybridized carbons (Fsp3) is 1.00. The van der Waals surface area contributed by atoms with Crippen molar-refractivity contribution in [3.05, 3.63) is 0 Å². The van der Waals surface area contributed by atoms with Gasteiger partial charge in [0.2, 0.25) is 0 Å². The van der Waals surface area contributed by atoms with Crippen LogP contribution in [0.15, 0.2) is 0 Å². The number of quaternary nitrogens is 1. The van der Waals surface area contributed by atoms with Crippen LogP contribution >= 0.6 is 0 Å². The molecular weight excluding hydrogens is 194 g/mol. The Morgan fingerprint density at radius 3 is 2.06 bits per heavy atom. The van der Waals surface area contributed by atoms with Crippen molar-refractivity contribution in [3.8, 4) is 0 Å². The Labute approximate surface area is 102 Å². The second-order valence-corrected chi connectivity index (χ2v) is 6.81. The van der Waals surface area contributed by atoms with E-state index in [0.717, 1.165) is 23.8 Å². The Morgan fingerprint density at radius 1 is 0.812 bits per heavy atom. The fourth-order valence-electron chi connectivity index (χ4n) is 4.22. The topological polar surface area (TPSA) is 0 Å². The zero-order valence-corrected chi connectivity index (χ0v) is 11.7. The van der Waals surface area contributed by atoms with Crippen LogP contribution in [0.3, 0.4) is 0 Å². The summed E-state index contributed by atoms with van der Waals surface area (Å²) in [7, 11) is 0. The van der Waals surface area contributed by atoms with Gasteiger partial charge in [0.05, 0.1) is 25.7 Å². The first-order chi connectivity index (χ1) is 7.55. The molecule has 0 saturated carbocycles. The first-order valence-electron chi connectivity index (χ1n) is 7.41. The average Bonchev–Trinajstić information content (AvgIpc) is 2.34. The van der Waals surface area contributed by atoms with Gasteiger partial charge in [-0.05, 0) is 38.0 Å². The molecule has 94 valence electrons. The first-order valence-corrected chi connectivity index (χ1v) is 7.41. The third kappa shape index (κ3) is 2.16. The van der Waals surface area contributed by atoms with Crippen LogP contribution < -0.4 is 0 Å². The fourth-order valence-corrected chi connectivity index (χ4v) is 4.22. The van der Waals surface area contributed by atoms with E-state index in [9.17, 15) is 0 Å². The number of rotatable bonds is 0. The van der Waals surface area contributed by atoms with E-state index in [4.69, 9.17) is 0 Å². The molecule has 1 spiro atoms. The molecule has 0 aromatic rings. The largest absolute Gasteiger partial charge is 0.321 e. The van der Waals surface area contributed by atoms with Gasteiger partial charge in [0, 0.05) is 12.3 Å². The van der Waals surface area contributed by atoms with Gasteiger partial charge in [0.25, 0.3) is 0 Å². The summed E-state index contributed by atoms with van der Waals surface area (Å²) < 4.78 is 1.45. The van der Waals surface area contributed by atoms with Crippen molar-refractivity contribution < 1.29 is 4.48 Å². The molecular formula is C15H30N+. The molecule has 2 aliphatic heterocycles. The molecule has 16 heavy (non-hydrogen) atoms. The second-order valence-electron chi connectivity index (χ2n) is 6.81. The highest BCUT2D eigenvalue weighted by atomic mass is 15.4. The molecule has 0 radical (unpaired) electrons. The molecule has 0 aliphatic carbocycles. The van der Waals surface area contributed by atoms with Crippen molar-refractivity contribution in [1.82, 2.24) is 0 Å². The summed E-state index contributed by atoms with van der Waals surface area (Å²) in [6, 6.07) is 0.905. The molecule has 4 unspecified atom stereocenters. The van der Waals surface area contributed by atoms with Crippen LogP contribution in [0, 0.1) is 17.8 Å². The summed E-state index contributed by atoms with van der Waals surface area (Å²) in [5.74, 6) is 2.75. The van der Waals surface area contributed by atoms with Crippen molar-refractivity contribution >= 4 is 0 Å². The molecule has 2 aliphatic rings. The van der Waals surface area contributed by atoms with Gasteiger partial charge in [0.1, 0.15) is 0 Å².